The fourth-order valence-electron chi connectivity index (χ4n) is 2.70. The molecule has 5 heteroatoms. The number of rotatable bonds is 1. The molecule has 0 aliphatic carbocycles. The second kappa shape index (κ2) is 4.52. The number of carbonyl (C=O) groups excluding carboxylic acids is 1. The minimum absolute atomic E-state index is 0.136. The van der Waals surface area contributed by atoms with Crippen molar-refractivity contribution in [1.82, 2.24) is 9.63 Å². The summed E-state index contributed by atoms with van der Waals surface area (Å²) in [7, 11) is 1.92. The van der Waals surface area contributed by atoms with Crippen LogP contribution in [0.5, 0.6) is 5.75 Å². The van der Waals surface area contributed by atoms with E-state index in [4.69, 9.17) is 4.84 Å². The summed E-state index contributed by atoms with van der Waals surface area (Å²) in [6.07, 6.45) is 0. The van der Waals surface area contributed by atoms with Crippen molar-refractivity contribution in [3.8, 4) is 5.75 Å². The predicted molar refractivity (Wildman–Crippen MR) is 75.5 cm³/mol. The number of carbonyl (C=O) groups is 1. The molecule has 20 heavy (non-hydrogen) atoms. The van der Waals surface area contributed by atoms with Crippen LogP contribution >= 0.6 is 0 Å². The molecule has 0 saturated carbocycles. The highest BCUT2D eigenvalue weighted by Gasteiger charge is 2.29. The van der Waals surface area contributed by atoms with Gasteiger partial charge in [0.25, 0.3) is 5.91 Å². The molecule has 1 unspecified atom stereocenters. The van der Waals surface area contributed by atoms with Gasteiger partial charge in [0.1, 0.15) is 5.75 Å². The monoisotopic (exact) mass is 274 g/mol. The lowest BCUT2D eigenvalue weighted by Crippen LogP contribution is -2.27. The van der Waals surface area contributed by atoms with Gasteiger partial charge in [0.2, 0.25) is 0 Å². The van der Waals surface area contributed by atoms with E-state index in [0.717, 1.165) is 16.6 Å². The highest BCUT2D eigenvalue weighted by atomic mass is 16.7. The maximum atomic E-state index is 12.7. The van der Waals surface area contributed by atoms with E-state index in [1.54, 1.807) is 12.1 Å². The SMILES string of the molecule is Cc1c(C(=O)N2CC(C)CO2)c2cc(O)ccc2n1C. The molecule has 5 nitrogen and oxygen atoms in total. The molecule has 1 aromatic heterocycles. The zero-order chi connectivity index (χ0) is 14.4. The van der Waals surface area contributed by atoms with Gasteiger partial charge in [-0.1, -0.05) is 6.92 Å². The van der Waals surface area contributed by atoms with Crippen molar-refractivity contribution in [2.45, 2.75) is 13.8 Å². The maximum absolute atomic E-state index is 12.7. The number of phenols is 1. The van der Waals surface area contributed by atoms with E-state index in [9.17, 15) is 9.90 Å². The van der Waals surface area contributed by atoms with Gasteiger partial charge in [-0.15, -0.1) is 0 Å². The van der Waals surface area contributed by atoms with Gasteiger partial charge >= 0.3 is 0 Å². The number of hydrogen-bond donors (Lipinski definition) is 1. The number of benzene rings is 1. The highest BCUT2D eigenvalue weighted by molar-refractivity contribution is 6.08. The van der Waals surface area contributed by atoms with Gasteiger partial charge in [0.05, 0.1) is 18.7 Å². The first-order chi connectivity index (χ1) is 9.49. The van der Waals surface area contributed by atoms with E-state index >= 15 is 0 Å². The van der Waals surface area contributed by atoms with Crippen LogP contribution in [0.2, 0.25) is 0 Å². The number of hydroxylamine groups is 2. The highest BCUT2D eigenvalue weighted by Crippen LogP contribution is 2.30. The lowest BCUT2D eigenvalue weighted by molar-refractivity contribution is -0.0771. The quantitative estimate of drug-likeness (QED) is 0.867. The fourth-order valence-corrected chi connectivity index (χ4v) is 2.70. The average molecular weight is 274 g/mol. The van der Waals surface area contributed by atoms with Gasteiger partial charge in [-0.05, 0) is 25.1 Å². The first-order valence-corrected chi connectivity index (χ1v) is 6.72. The fraction of sp³-hybridized carbons (Fsp3) is 0.400. The lowest BCUT2D eigenvalue weighted by atomic mass is 10.1. The predicted octanol–water partition coefficient (Wildman–Crippen LogP) is 2.22. The van der Waals surface area contributed by atoms with Crippen LogP contribution in [0.1, 0.15) is 23.0 Å². The summed E-state index contributed by atoms with van der Waals surface area (Å²) in [5, 5.41) is 11.9. The van der Waals surface area contributed by atoms with Crippen LogP contribution < -0.4 is 0 Å². The zero-order valence-electron chi connectivity index (χ0n) is 11.9. The molecule has 1 aliphatic heterocycles. The molecule has 0 spiro atoms. The Kier molecular flexibility index (Phi) is 2.94. The molecule has 3 rings (SSSR count). The average Bonchev–Trinajstić information content (AvgIpc) is 2.93. The molecule has 1 aromatic carbocycles. The molecule has 1 saturated heterocycles. The molecule has 2 heterocycles. The smallest absolute Gasteiger partial charge is 0.279 e. The Labute approximate surface area is 117 Å². The van der Waals surface area contributed by atoms with E-state index in [1.807, 2.05) is 24.6 Å². The van der Waals surface area contributed by atoms with Crippen molar-refractivity contribution in [3.63, 3.8) is 0 Å². The number of nitrogens with zero attached hydrogens (tertiary/aromatic N) is 2. The molecular formula is C15H18N2O3. The minimum atomic E-state index is -0.136. The third-order valence-electron chi connectivity index (χ3n) is 3.91. The number of aryl methyl sites for hydroxylation is 1. The standard InChI is InChI=1S/C15H18N2O3/c1-9-7-17(20-8-9)15(19)14-10(2)16(3)13-5-4-11(18)6-12(13)14/h4-6,9,18H,7-8H2,1-3H3. The molecule has 1 N–H and O–H groups in total. The van der Waals surface area contributed by atoms with Crippen molar-refractivity contribution >= 4 is 16.8 Å². The van der Waals surface area contributed by atoms with E-state index in [2.05, 4.69) is 6.92 Å². The largest absolute Gasteiger partial charge is 0.508 e. The third-order valence-corrected chi connectivity index (χ3v) is 3.91. The van der Waals surface area contributed by atoms with Crippen LogP contribution in [0.3, 0.4) is 0 Å². The van der Waals surface area contributed by atoms with Gasteiger partial charge in [-0.25, -0.2) is 5.06 Å². The van der Waals surface area contributed by atoms with Gasteiger partial charge in [-0.3, -0.25) is 9.63 Å². The van der Waals surface area contributed by atoms with Gasteiger partial charge in [0, 0.05) is 29.6 Å². The van der Waals surface area contributed by atoms with Crippen LogP contribution in [0.4, 0.5) is 0 Å². The van der Waals surface area contributed by atoms with Crippen LogP contribution in [0, 0.1) is 12.8 Å². The molecule has 0 bridgehead atoms. The van der Waals surface area contributed by atoms with E-state index in [-0.39, 0.29) is 11.7 Å². The van der Waals surface area contributed by atoms with Crippen molar-refractivity contribution in [1.29, 1.82) is 0 Å². The van der Waals surface area contributed by atoms with Crippen LogP contribution in [0.25, 0.3) is 10.9 Å². The second-order valence-electron chi connectivity index (χ2n) is 5.49. The van der Waals surface area contributed by atoms with Crippen LogP contribution in [0.15, 0.2) is 18.2 Å². The number of phenolic OH excluding ortho intramolecular Hbond substituents is 1. The number of aromatic nitrogens is 1. The Bertz CT molecular complexity index is 690. The van der Waals surface area contributed by atoms with Crippen LogP contribution in [-0.2, 0) is 11.9 Å². The van der Waals surface area contributed by atoms with Crippen molar-refractivity contribution in [3.05, 3.63) is 29.5 Å². The Hall–Kier alpha value is -2.01. The van der Waals surface area contributed by atoms with Crippen molar-refractivity contribution in [2.24, 2.45) is 13.0 Å². The molecule has 2 aromatic rings. The summed E-state index contributed by atoms with van der Waals surface area (Å²) in [5.74, 6) is 0.374. The van der Waals surface area contributed by atoms with Crippen molar-refractivity contribution in [2.75, 3.05) is 13.2 Å². The first-order valence-electron chi connectivity index (χ1n) is 6.72. The molecular weight excluding hydrogens is 256 g/mol. The summed E-state index contributed by atoms with van der Waals surface area (Å²) in [6, 6.07) is 5.08. The second-order valence-corrected chi connectivity index (χ2v) is 5.49. The van der Waals surface area contributed by atoms with Gasteiger partial charge in [0.15, 0.2) is 0 Å². The minimum Gasteiger partial charge on any atom is -0.508 e. The number of amides is 1. The number of hydrogen-bond acceptors (Lipinski definition) is 3. The molecule has 1 atom stereocenters. The maximum Gasteiger partial charge on any atom is 0.279 e. The molecule has 1 aliphatic rings. The summed E-state index contributed by atoms with van der Waals surface area (Å²) in [6.45, 7) is 5.13. The Morgan fingerprint density at radius 2 is 2.20 bits per heavy atom. The molecule has 106 valence electrons. The van der Waals surface area contributed by atoms with Crippen LogP contribution in [-0.4, -0.2) is 33.8 Å². The van der Waals surface area contributed by atoms with E-state index < -0.39 is 0 Å². The summed E-state index contributed by atoms with van der Waals surface area (Å²) >= 11 is 0. The molecule has 0 radical (unpaired) electrons. The van der Waals surface area contributed by atoms with Gasteiger partial charge < -0.3 is 9.67 Å². The summed E-state index contributed by atoms with van der Waals surface area (Å²) in [4.78, 5) is 18.1. The Morgan fingerprint density at radius 1 is 1.45 bits per heavy atom. The normalized spacial score (nSPS) is 18.9. The lowest BCUT2D eigenvalue weighted by Gasteiger charge is -2.14. The molecule has 1 amide bonds. The van der Waals surface area contributed by atoms with Gasteiger partial charge in [-0.2, -0.15) is 0 Å². The van der Waals surface area contributed by atoms with Crippen molar-refractivity contribution < 1.29 is 14.7 Å². The number of fused-ring (bicyclic) bond motifs is 1. The van der Waals surface area contributed by atoms with E-state index in [0.29, 0.717) is 24.6 Å². The summed E-state index contributed by atoms with van der Waals surface area (Å²) in [5.41, 5.74) is 2.40. The molecule has 1 fully saturated rings. The first kappa shape index (κ1) is 13.0. The number of aromatic hydroxyl groups is 1. The van der Waals surface area contributed by atoms with E-state index in [1.165, 1.54) is 5.06 Å². The zero-order valence-corrected chi connectivity index (χ0v) is 11.9. The Balaban J connectivity index is 2.13. The summed E-state index contributed by atoms with van der Waals surface area (Å²) < 4.78 is 1.96. The Morgan fingerprint density at radius 3 is 2.85 bits per heavy atom. The topological polar surface area (TPSA) is 54.7 Å². The third kappa shape index (κ3) is 1.86.